The zero-order valence-electron chi connectivity index (χ0n) is 9.87. The minimum atomic E-state index is 0.663. The normalized spacial score (nSPS) is 18.8. The summed E-state index contributed by atoms with van der Waals surface area (Å²) in [7, 11) is 2.07. The average molecular weight is 206 g/mol. The lowest BCUT2D eigenvalue weighted by Crippen LogP contribution is -2.29. The van der Waals surface area contributed by atoms with Gasteiger partial charge in [0.05, 0.1) is 0 Å². The van der Waals surface area contributed by atoms with Crippen molar-refractivity contribution in [2.24, 2.45) is 13.0 Å². The SMILES string of the molecule is CC(CC1CCC1)NCc1ccn(C)c1. The first-order chi connectivity index (χ1) is 7.24. The molecule has 15 heavy (non-hydrogen) atoms. The Balaban J connectivity index is 1.68. The van der Waals surface area contributed by atoms with Gasteiger partial charge < -0.3 is 9.88 Å². The summed E-state index contributed by atoms with van der Waals surface area (Å²) in [6.07, 6.45) is 10.0. The predicted molar refractivity (Wildman–Crippen MR) is 63.7 cm³/mol. The number of rotatable bonds is 5. The molecule has 1 aromatic rings. The second-order valence-electron chi connectivity index (χ2n) is 5.00. The van der Waals surface area contributed by atoms with Gasteiger partial charge >= 0.3 is 0 Å². The monoisotopic (exact) mass is 206 g/mol. The third-order valence-electron chi connectivity index (χ3n) is 3.46. The molecule has 1 heterocycles. The first kappa shape index (κ1) is 10.7. The highest BCUT2D eigenvalue weighted by molar-refractivity contribution is 5.09. The van der Waals surface area contributed by atoms with Crippen molar-refractivity contribution in [1.82, 2.24) is 9.88 Å². The molecule has 0 aromatic carbocycles. The number of hydrogen-bond acceptors (Lipinski definition) is 1. The van der Waals surface area contributed by atoms with E-state index in [4.69, 9.17) is 0 Å². The number of hydrogen-bond donors (Lipinski definition) is 1. The lowest BCUT2D eigenvalue weighted by Gasteiger charge is -2.28. The molecule has 84 valence electrons. The summed E-state index contributed by atoms with van der Waals surface area (Å²) in [6, 6.07) is 2.85. The van der Waals surface area contributed by atoms with Crippen molar-refractivity contribution < 1.29 is 0 Å². The van der Waals surface area contributed by atoms with Gasteiger partial charge in [-0.2, -0.15) is 0 Å². The van der Waals surface area contributed by atoms with Crippen LogP contribution in [0.4, 0.5) is 0 Å². The highest BCUT2D eigenvalue weighted by Gasteiger charge is 2.19. The van der Waals surface area contributed by atoms with E-state index in [-0.39, 0.29) is 0 Å². The molecule has 1 aromatic heterocycles. The van der Waals surface area contributed by atoms with Gasteiger partial charge in [-0.25, -0.2) is 0 Å². The Kier molecular flexibility index (Phi) is 3.47. The molecule has 0 aliphatic heterocycles. The molecule has 2 heteroatoms. The van der Waals surface area contributed by atoms with Crippen LogP contribution in [0, 0.1) is 5.92 Å². The molecule has 0 saturated heterocycles. The van der Waals surface area contributed by atoms with Crippen LogP contribution in [0.5, 0.6) is 0 Å². The molecule has 2 nitrogen and oxygen atoms in total. The van der Waals surface area contributed by atoms with Crippen molar-refractivity contribution in [1.29, 1.82) is 0 Å². The van der Waals surface area contributed by atoms with Crippen LogP contribution in [0.1, 0.15) is 38.2 Å². The van der Waals surface area contributed by atoms with Crippen molar-refractivity contribution in [3.63, 3.8) is 0 Å². The third-order valence-corrected chi connectivity index (χ3v) is 3.46. The molecular weight excluding hydrogens is 184 g/mol. The smallest absolute Gasteiger partial charge is 0.0223 e. The van der Waals surface area contributed by atoms with Crippen molar-refractivity contribution in [2.45, 2.75) is 45.2 Å². The van der Waals surface area contributed by atoms with Crippen LogP contribution in [0.25, 0.3) is 0 Å². The van der Waals surface area contributed by atoms with Crippen molar-refractivity contribution in [3.8, 4) is 0 Å². The fourth-order valence-corrected chi connectivity index (χ4v) is 2.27. The van der Waals surface area contributed by atoms with Crippen molar-refractivity contribution >= 4 is 0 Å². The second kappa shape index (κ2) is 4.84. The number of aryl methyl sites for hydroxylation is 1. The van der Waals surface area contributed by atoms with E-state index in [1.54, 1.807) is 0 Å². The van der Waals surface area contributed by atoms with Gasteiger partial charge in [-0.15, -0.1) is 0 Å². The summed E-state index contributed by atoms with van der Waals surface area (Å²) in [4.78, 5) is 0. The molecule has 1 N–H and O–H groups in total. The molecule has 1 aliphatic carbocycles. The van der Waals surface area contributed by atoms with Gasteiger partial charge in [0.25, 0.3) is 0 Å². The maximum absolute atomic E-state index is 3.60. The summed E-state index contributed by atoms with van der Waals surface area (Å²) in [5.41, 5.74) is 1.39. The van der Waals surface area contributed by atoms with Crippen molar-refractivity contribution in [3.05, 3.63) is 24.0 Å². The van der Waals surface area contributed by atoms with Gasteiger partial charge in [0.1, 0.15) is 0 Å². The zero-order valence-corrected chi connectivity index (χ0v) is 9.87. The standard InChI is InChI=1S/C13H22N2/c1-11(8-12-4-3-5-12)14-9-13-6-7-15(2)10-13/h6-7,10-12,14H,3-5,8-9H2,1-2H3. The van der Waals surface area contributed by atoms with Crippen LogP contribution < -0.4 is 5.32 Å². The lowest BCUT2D eigenvalue weighted by molar-refractivity contribution is 0.265. The lowest BCUT2D eigenvalue weighted by atomic mass is 9.81. The predicted octanol–water partition coefficient (Wildman–Crippen LogP) is 2.69. The Morgan fingerprint density at radius 2 is 2.33 bits per heavy atom. The summed E-state index contributed by atoms with van der Waals surface area (Å²) in [5, 5.41) is 3.60. The Morgan fingerprint density at radius 1 is 1.53 bits per heavy atom. The van der Waals surface area contributed by atoms with Crippen LogP contribution in [0.2, 0.25) is 0 Å². The largest absolute Gasteiger partial charge is 0.357 e. The maximum atomic E-state index is 3.60. The van der Waals surface area contributed by atoms with E-state index in [0.29, 0.717) is 6.04 Å². The van der Waals surface area contributed by atoms with Gasteiger partial charge in [-0.3, -0.25) is 0 Å². The van der Waals surface area contributed by atoms with E-state index in [9.17, 15) is 0 Å². The summed E-state index contributed by atoms with van der Waals surface area (Å²) in [6.45, 7) is 3.32. The maximum Gasteiger partial charge on any atom is 0.0223 e. The Bertz CT molecular complexity index is 299. The Morgan fingerprint density at radius 3 is 2.87 bits per heavy atom. The summed E-state index contributed by atoms with van der Waals surface area (Å²) in [5.74, 6) is 1.00. The number of nitrogens with one attached hydrogen (secondary N) is 1. The zero-order chi connectivity index (χ0) is 10.7. The van der Waals surface area contributed by atoms with Crippen LogP contribution in [0.3, 0.4) is 0 Å². The number of nitrogens with zero attached hydrogens (tertiary/aromatic N) is 1. The van der Waals surface area contributed by atoms with E-state index in [1.807, 2.05) is 0 Å². The van der Waals surface area contributed by atoms with Gasteiger partial charge in [-0.05, 0) is 30.9 Å². The third kappa shape index (κ3) is 3.10. The molecular formula is C13H22N2. The van der Waals surface area contributed by atoms with Crippen molar-refractivity contribution in [2.75, 3.05) is 0 Å². The van der Waals surface area contributed by atoms with Gasteiger partial charge in [-0.1, -0.05) is 19.3 Å². The summed E-state index contributed by atoms with van der Waals surface area (Å²) >= 11 is 0. The van der Waals surface area contributed by atoms with Crippen LogP contribution >= 0.6 is 0 Å². The van der Waals surface area contributed by atoms with Crippen LogP contribution in [-0.2, 0) is 13.6 Å². The quantitative estimate of drug-likeness (QED) is 0.784. The highest BCUT2D eigenvalue weighted by Crippen LogP contribution is 2.30. The fourth-order valence-electron chi connectivity index (χ4n) is 2.27. The topological polar surface area (TPSA) is 17.0 Å². The molecule has 1 saturated carbocycles. The van der Waals surface area contributed by atoms with Crippen LogP contribution in [0.15, 0.2) is 18.5 Å². The average Bonchev–Trinajstić information content (AvgIpc) is 2.55. The Hall–Kier alpha value is -0.760. The molecule has 1 aliphatic rings. The molecule has 2 rings (SSSR count). The molecule has 1 unspecified atom stereocenters. The highest BCUT2D eigenvalue weighted by atomic mass is 14.9. The first-order valence-electron chi connectivity index (χ1n) is 6.08. The van der Waals surface area contributed by atoms with E-state index in [2.05, 4.69) is 42.3 Å². The first-order valence-corrected chi connectivity index (χ1v) is 6.08. The molecule has 1 fully saturated rings. The summed E-state index contributed by atoms with van der Waals surface area (Å²) < 4.78 is 2.10. The molecule has 0 radical (unpaired) electrons. The van der Waals surface area contributed by atoms with Gasteiger partial charge in [0, 0.05) is 32.0 Å². The molecule has 1 atom stereocenters. The fraction of sp³-hybridized carbons (Fsp3) is 0.692. The van der Waals surface area contributed by atoms with Crippen LogP contribution in [-0.4, -0.2) is 10.6 Å². The molecule has 0 amide bonds. The second-order valence-corrected chi connectivity index (χ2v) is 5.00. The minimum Gasteiger partial charge on any atom is -0.357 e. The van der Waals surface area contributed by atoms with Gasteiger partial charge in [0.15, 0.2) is 0 Å². The Labute approximate surface area is 92.7 Å². The molecule has 0 bridgehead atoms. The van der Waals surface area contributed by atoms with E-state index >= 15 is 0 Å². The minimum absolute atomic E-state index is 0.663. The molecule has 0 spiro atoms. The van der Waals surface area contributed by atoms with E-state index in [1.165, 1.54) is 31.2 Å². The number of aromatic nitrogens is 1. The van der Waals surface area contributed by atoms with E-state index in [0.717, 1.165) is 12.5 Å². The van der Waals surface area contributed by atoms with Gasteiger partial charge in [0.2, 0.25) is 0 Å². The van der Waals surface area contributed by atoms with E-state index < -0.39 is 0 Å².